The van der Waals surface area contributed by atoms with E-state index in [1.807, 2.05) is 12.1 Å². The molecule has 0 unspecified atom stereocenters. The molecule has 1 aromatic carbocycles. The predicted molar refractivity (Wildman–Crippen MR) is 93.9 cm³/mol. The normalized spacial score (nSPS) is 21.0. The van der Waals surface area contributed by atoms with Gasteiger partial charge in [0.25, 0.3) is 0 Å². The molecule has 25 heavy (non-hydrogen) atoms. The minimum absolute atomic E-state index is 0.146. The van der Waals surface area contributed by atoms with Crippen LogP contribution in [0.15, 0.2) is 24.3 Å². The van der Waals surface area contributed by atoms with Gasteiger partial charge in [0.05, 0.1) is 31.7 Å². The number of aliphatic carboxylic acids is 1. The van der Waals surface area contributed by atoms with Gasteiger partial charge in [0.1, 0.15) is 5.60 Å². The van der Waals surface area contributed by atoms with E-state index in [9.17, 15) is 9.59 Å². The molecule has 1 aliphatic heterocycles. The minimum atomic E-state index is -0.953. The van der Waals surface area contributed by atoms with Gasteiger partial charge in [-0.1, -0.05) is 23.7 Å². The Hall–Kier alpha value is -1.79. The van der Waals surface area contributed by atoms with Crippen LogP contribution < -0.4 is 0 Å². The molecule has 1 fully saturated rings. The quantitative estimate of drug-likeness (QED) is 0.880. The number of hydrogen-bond donors (Lipinski definition) is 1. The molecule has 2 atom stereocenters. The lowest BCUT2D eigenvalue weighted by atomic mass is 10.0. The molecule has 1 saturated heterocycles. The predicted octanol–water partition coefficient (Wildman–Crippen LogP) is 3.36. The highest BCUT2D eigenvalue weighted by molar-refractivity contribution is 6.30. The minimum Gasteiger partial charge on any atom is -0.481 e. The van der Waals surface area contributed by atoms with E-state index in [-0.39, 0.29) is 25.6 Å². The fourth-order valence-electron chi connectivity index (χ4n) is 2.68. The number of amides is 1. The highest BCUT2D eigenvalue weighted by Gasteiger charge is 2.35. The molecule has 0 spiro atoms. The van der Waals surface area contributed by atoms with E-state index in [0.717, 1.165) is 5.56 Å². The zero-order valence-electron chi connectivity index (χ0n) is 14.7. The Kier molecular flexibility index (Phi) is 6.30. The standard InChI is InChI=1S/C18H24ClNO5/c1-18(2,3)25-17(23)20-10-15(9-16(21)22)24-11-14(20)8-12-4-6-13(19)7-5-12/h4-7,14-15H,8-11H2,1-3H3,(H,21,22)/t14-,15-/m0/s1. The Morgan fingerprint density at radius 3 is 2.52 bits per heavy atom. The van der Waals surface area contributed by atoms with Crippen LogP contribution in [0.3, 0.4) is 0 Å². The van der Waals surface area contributed by atoms with Gasteiger partial charge < -0.3 is 14.6 Å². The summed E-state index contributed by atoms with van der Waals surface area (Å²) in [7, 11) is 0. The molecule has 1 heterocycles. The average molecular weight is 370 g/mol. The topological polar surface area (TPSA) is 76.1 Å². The molecule has 0 bridgehead atoms. The number of hydrogen-bond acceptors (Lipinski definition) is 4. The zero-order chi connectivity index (χ0) is 18.6. The van der Waals surface area contributed by atoms with E-state index >= 15 is 0 Å². The highest BCUT2D eigenvalue weighted by atomic mass is 35.5. The van der Waals surface area contributed by atoms with Gasteiger partial charge >= 0.3 is 12.1 Å². The first-order chi connectivity index (χ1) is 11.6. The molecule has 7 heteroatoms. The van der Waals surface area contributed by atoms with Crippen LogP contribution in [-0.4, -0.2) is 53.0 Å². The fourth-order valence-corrected chi connectivity index (χ4v) is 2.81. The smallest absolute Gasteiger partial charge is 0.410 e. The van der Waals surface area contributed by atoms with Gasteiger partial charge in [0.15, 0.2) is 0 Å². The third-order valence-corrected chi connectivity index (χ3v) is 4.03. The Labute approximate surface area is 152 Å². The summed E-state index contributed by atoms with van der Waals surface area (Å²) in [6.45, 7) is 5.86. The number of benzene rings is 1. The number of morpholine rings is 1. The van der Waals surface area contributed by atoms with Crippen LogP contribution in [-0.2, 0) is 20.7 Å². The van der Waals surface area contributed by atoms with Crippen LogP contribution in [0, 0.1) is 0 Å². The fraction of sp³-hybridized carbons (Fsp3) is 0.556. The van der Waals surface area contributed by atoms with Gasteiger partial charge in [-0.05, 0) is 44.9 Å². The lowest BCUT2D eigenvalue weighted by molar-refractivity contribution is -0.143. The SMILES string of the molecule is CC(C)(C)OC(=O)N1C[C@H](CC(=O)O)OC[C@@H]1Cc1ccc(Cl)cc1. The van der Waals surface area contributed by atoms with Gasteiger partial charge in [-0.2, -0.15) is 0 Å². The summed E-state index contributed by atoms with van der Waals surface area (Å²) < 4.78 is 11.1. The molecule has 6 nitrogen and oxygen atoms in total. The summed E-state index contributed by atoms with van der Waals surface area (Å²) >= 11 is 5.91. The molecule has 0 aliphatic carbocycles. The molecule has 1 amide bonds. The number of carbonyl (C=O) groups is 2. The van der Waals surface area contributed by atoms with Crippen molar-refractivity contribution in [3.8, 4) is 0 Å². The van der Waals surface area contributed by atoms with Crippen LogP contribution in [0.25, 0.3) is 0 Å². The van der Waals surface area contributed by atoms with Gasteiger partial charge in [-0.15, -0.1) is 0 Å². The van der Waals surface area contributed by atoms with Gasteiger partial charge in [-0.3, -0.25) is 9.69 Å². The van der Waals surface area contributed by atoms with Crippen molar-refractivity contribution < 1.29 is 24.2 Å². The zero-order valence-corrected chi connectivity index (χ0v) is 15.5. The van der Waals surface area contributed by atoms with E-state index in [1.165, 1.54) is 0 Å². The van der Waals surface area contributed by atoms with Crippen molar-refractivity contribution in [2.45, 2.75) is 51.4 Å². The third-order valence-electron chi connectivity index (χ3n) is 3.78. The summed E-state index contributed by atoms with van der Waals surface area (Å²) in [5.41, 5.74) is 0.394. The molecule has 0 saturated carbocycles. The molecule has 0 aromatic heterocycles. The first-order valence-electron chi connectivity index (χ1n) is 8.21. The Morgan fingerprint density at radius 1 is 1.32 bits per heavy atom. The number of nitrogens with zero attached hydrogens (tertiary/aromatic N) is 1. The summed E-state index contributed by atoms with van der Waals surface area (Å²) in [5.74, 6) is -0.953. The first kappa shape index (κ1) is 19.5. The van der Waals surface area contributed by atoms with E-state index in [4.69, 9.17) is 26.2 Å². The maximum absolute atomic E-state index is 12.6. The van der Waals surface area contributed by atoms with Crippen LogP contribution in [0.1, 0.15) is 32.8 Å². The van der Waals surface area contributed by atoms with Crippen molar-refractivity contribution in [2.24, 2.45) is 0 Å². The number of rotatable bonds is 4. The van der Waals surface area contributed by atoms with Gasteiger partial charge in [0, 0.05) is 5.02 Å². The average Bonchev–Trinajstić information content (AvgIpc) is 2.48. The van der Waals surface area contributed by atoms with E-state index < -0.39 is 23.8 Å². The number of carboxylic acid groups (broad SMARTS) is 1. The first-order valence-corrected chi connectivity index (χ1v) is 8.59. The van der Waals surface area contributed by atoms with Crippen molar-refractivity contribution >= 4 is 23.7 Å². The summed E-state index contributed by atoms with van der Waals surface area (Å²) in [6, 6.07) is 7.18. The van der Waals surface area contributed by atoms with Crippen LogP contribution >= 0.6 is 11.6 Å². The van der Waals surface area contributed by atoms with Crippen molar-refractivity contribution in [1.29, 1.82) is 0 Å². The second kappa shape index (κ2) is 8.06. The third kappa shape index (κ3) is 6.21. The molecule has 0 radical (unpaired) electrons. The van der Waals surface area contributed by atoms with Crippen LogP contribution in [0.2, 0.25) is 5.02 Å². The molecule has 1 aliphatic rings. The molecular weight excluding hydrogens is 346 g/mol. The summed E-state index contributed by atoms with van der Waals surface area (Å²) in [4.78, 5) is 25.1. The van der Waals surface area contributed by atoms with Crippen LogP contribution in [0.4, 0.5) is 4.79 Å². The summed E-state index contributed by atoms with van der Waals surface area (Å²) in [5, 5.41) is 9.62. The maximum atomic E-state index is 12.6. The molecule has 1 N–H and O–H groups in total. The number of halogens is 1. The van der Waals surface area contributed by atoms with Crippen molar-refractivity contribution in [1.82, 2.24) is 4.90 Å². The lowest BCUT2D eigenvalue weighted by Crippen LogP contribution is -2.54. The monoisotopic (exact) mass is 369 g/mol. The second-order valence-electron chi connectivity index (χ2n) is 7.17. The largest absolute Gasteiger partial charge is 0.481 e. The highest BCUT2D eigenvalue weighted by Crippen LogP contribution is 2.22. The Balaban J connectivity index is 2.12. The van der Waals surface area contributed by atoms with Crippen molar-refractivity contribution in [3.05, 3.63) is 34.9 Å². The lowest BCUT2D eigenvalue weighted by Gasteiger charge is -2.40. The summed E-state index contributed by atoms with van der Waals surface area (Å²) in [6.07, 6.45) is -0.556. The molecular formula is C18H24ClNO5. The number of carboxylic acids is 1. The Bertz CT molecular complexity index is 611. The van der Waals surface area contributed by atoms with Crippen molar-refractivity contribution in [2.75, 3.05) is 13.2 Å². The van der Waals surface area contributed by atoms with Crippen LogP contribution in [0.5, 0.6) is 0 Å². The molecule has 138 valence electrons. The molecule has 1 aromatic rings. The van der Waals surface area contributed by atoms with Gasteiger partial charge in [0.2, 0.25) is 0 Å². The number of ether oxygens (including phenoxy) is 2. The second-order valence-corrected chi connectivity index (χ2v) is 7.61. The molecule has 2 rings (SSSR count). The van der Waals surface area contributed by atoms with Gasteiger partial charge in [-0.25, -0.2) is 4.79 Å². The van der Waals surface area contributed by atoms with Crippen molar-refractivity contribution in [3.63, 3.8) is 0 Å². The van der Waals surface area contributed by atoms with E-state index in [0.29, 0.717) is 11.4 Å². The number of carbonyl (C=O) groups excluding carboxylic acids is 1. The Morgan fingerprint density at radius 2 is 1.96 bits per heavy atom. The van der Waals surface area contributed by atoms with E-state index in [2.05, 4.69) is 0 Å². The van der Waals surface area contributed by atoms with E-state index in [1.54, 1.807) is 37.8 Å². The maximum Gasteiger partial charge on any atom is 0.410 e.